The van der Waals surface area contributed by atoms with E-state index in [0.29, 0.717) is 23.6 Å². The molecule has 0 bridgehead atoms. The molecule has 0 aliphatic carbocycles. The van der Waals surface area contributed by atoms with E-state index in [0.717, 1.165) is 49.7 Å². The zero-order valence-corrected chi connectivity index (χ0v) is 23.7. The van der Waals surface area contributed by atoms with E-state index in [4.69, 9.17) is 9.47 Å². The molecule has 1 atom stereocenters. The van der Waals surface area contributed by atoms with Crippen LogP contribution in [0.25, 0.3) is 0 Å². The van der Waals surface area contributed by atoms with Crippen LogP contribution in [0.3, 0.4) is 0 Å². The van der Waals surface area contributed by atoms with Crippen LogP contribution in [0.1, 0.15) is 96.2 Å². The van der Waals surface area contributed by atoms with Crippen molar-refractivity contribution in [1.29, 1.82) is 0 Å². The van der Waals surface area contributed by atoms with Gasteiger partial charge in [0.05, 0.1) is 24.3 Å². The van der Waals surface area contributed by atoms with Crippen LogP contribution in [0.2, 0.25) is 0 Å². The van der Waals surface area contributed by atoms with Gasteiger partial charge in [0.15, 0.2) is 0 Å². The molecule has 1 aromatic rings. The first-order chi connectivity index (χ1) is 18.4. The summed E-state index contributed by atoms with van der Waals surface area (Å²) in [6.45, 7) is 11.5. The van der Waals surface area contributed by atoms with Gasteiger partial charge in [-0.2, -0.15) is 0 Å². The predicted molar refractivity (Wildman–Crippen MR) is 155 cm³/mol. The monoisotopic (exact) mass is 522 g/mol. The second-order valence-electron chi connectivity index (χ2n) is 9.80. The summed E-state index contributed by atoms with van der Waals surface area (Å²) in [6.07, 6.45) is 20.1. The first-order valence-electron chi connectivity index (χ1n) is 14.0. The number of rotatable bonds is 17. The van der Waals surface area contributed by atoms with Gasteiger partial charge in [0.2, 0.25) is 0 Å². The van der Waals surface area contributed by atoms with Crippen LogP contribution < -0.4 is 15.4 Å². The van der Waals surface area contributed by atoms with E-state index in [9.17, 15) is 9.59 Å². The molecule has 0 saturated carbocycles. The van der Waals surface area contributed by atoms with Crippen molar-refractivity contribution >= 4 is 12.0 Å². The average molecular weight is 523 g/mol. The van der Waals surface area contributed by atoms with Crippen LogP contribution in [0.15, 0.2) is 66.4 Å². The smallest absolute Gasteiger partial charge is 0.338 e. The minimum Gasteiger partial charge on any atom is -0.493 e. The van der Waals surface area contributed by atoms with Crippen molar-refractivity contribution in [3.05, 3.63) is 77.6 Å². The number of hydrogen-bond acceptors (Lipinski definition) is 4. The SMILES string of the molecule is C=CC/C=C/C/C=C/CCCCCCCc1cccc(OCC)c1C1NC(=O)NC(C)=C1C(=O)OC(C)C. The van der Waals surface area contributed by atoms with Gasteiger partial charge in [-0.05, 0) is 77.8 Å². The lowest BCUT2D eigenvalue weighted by molar-refractivity contribution is -0.143. The Bertz CT molecular complexity index is 1010. The second-order valence-corrected chi connectivity index (χ2v) is 9.80. The first-order valence-corrected chi connectivity index (χ1v) is 14.0. The summed E-state index contributed by atoms with van der Waals surface area (Å²) in [4.78, 5) is 25.5. The van der Waals surface area contributed by atoms with E-state index in [1.165, 1.54) is 19.3 Å². The van der Waals surface area contributed by atoms with E-state index in [2.05, 4.69) is 47.6 Å². The number of ether oxygens (including phenoxy) is 2. The van der Waals surface area contributed by atoms with Crippen molar-refractivity contribution in [2.45, 2.75) is 97.6 Å². The second kappa shape index (κ2) is 17.3. The molecule has 2 amide bonds. The number of esters is 1. The molecule has 0 fully saturated rings. The molecule has 0 spiro atoms. The molecule has 0 saturated heterocycles. The van der Waals surface area contributed by atoms with Crippen molar-refractivity contribution < 1.29 is 19.1 Å². The Morgan fingerprint density at radius 2 is 1.76 bits per heavy atom. The van der Waals surface area contributed by atoms with Crippen LogP contribution >= 0.6 is 0 Å². The molecular formula is C32H46N2O4. The Morgan fingerprint density at radius 1 is 1.05 bits per heavy atom. The third-order valence-corrected chi connectivity index (χ3v) is 6.30. The summed E-state index contributed by atoms with van der Waals surface area (Å²) in [7, 11) is 0. The molecule has 38 heavy (non-hydrogen) atoms. The van der Waals surface area contributed by atoms with Gasteiger partial charge >= 0.3 is 12.0 Å². The number of nitrogens with one attached hydrogen (secondary N) is 2. The highest BCUT2D eigenvalue weighted by Crippen LogP contribution is 2.37. The molecular weight excluding hydrogens is 476 g/mol. The summed E-state index contributed by atoms with van der Waals surface area (Å²) >= 11 is 0. The fourth-order valence-electron chi connectivity index (χ4n) is 4.56. The standard InChI is InChI=1S/C32H46N2O4/c1-6-8-9-10-11-12-13-14-15-16-17-18-19-21-26-22-20-23-27(37-7-2)29(26)30-28(31(35)38-24(3)4)25(5)33-32(36)34-30/h6,9-10,12-13,20,22-24,30H,1,7-8,11,14-19,21H2,2-5H3,(H2,33,34,36)/b10-9+,13-12+. The van der Waals surface area contributed by atoms with E-state index in [-0.39, 0.29) is 12.1 Å². The lowest BCUT2D eigenvalue weighted by Crippen LogP contribution is -2.46. The normalized spacial score (nSPS) is 15.7. The quantitative estimate of drug-likeness (QED) is 0.125. The molecule has 208 valence electrons. The topological polar surface area (TPSA) is 76.7 Å². The molecule has 1 unspecified atom stereocenters. The number of carbonyl (C=O) groups excluding carboxylic acids is 2. The van der Waals surface area contributed by atoms with E-state index in [1.807, 2.05) is 39.0 Å². The zero-order valence-electron chi connectivity index (χ0n) is 23.7. The summed E-state index contributed by atoms with van der Waals surface area (Å²) in [5, 5.41) is 5.68. The molecule has 0 aromatic heterocycles. The maximum absolute atomic E-state index is 13.1. The minimum atomic E-state index is -0.633. The number of unbranched alkanes of at least 4 members (excludes halogenated alkanes) is 5. The molecule has 2 rings (SSSR count). The van der Waals surface area contributed by atoms with Gasteiger partial charge in [-0.15, -0.1) is 6.58 Å². The minimum absolute atomic E-state index is 0.266. The van der Waals surface area contributed by atoms with Crippen molar-refractivity contribution in [3.8, 4) is 5.75 Å². The molecule has 2 N–H and O–H groups in total. The molecule has 1 aromatic carbocycles. The molecule has 6 heteroatoms. The number of aryl methyl sites for hydroxylation is 1. The number of urea groups is 1. The van der Waals surface area contributed by atoms with E-state index in [1.54, 1.807) is 6.92 Å². The Balaban J connectivity index is 2.03. The van der Waals surface area contributed by atoms with Gasteiger partial charge < -0.3 is 20.1 Å². The van der Waals surface area contributed by atoms with Gasteiger partial charge in [-0.1, -0.05) is 61.8 Å². The Morgan fingerprint density at radius 3 is 2.50 bits per heavy atom. The Hall–Kier alpha value is -3.28. The summed E-state index contributed by atoms with van der Waals surface area (Å²) in [5.41, 5.74) is 2.84. The Labute approximate surface area is 229 Å². The number of allylic oxidation sites excluding steroid dienone is 6. The summed E-state index contributed by atoms with van der Waals surface area (Å²) in [6, 6.07) is 4.98. The third kappa shape index (κ3) is 10.2. The van der Waals surface area contributed by atoms with Gasteiger partial charge in [-0.25, -0.2) is 9.59 Å². The summed E-state index contributed by atoms with van der Waals surface area (Å²) in [5.74, 6) is 0.250. The maximum atomic E-state index is 13.1. The lowest BCUT2D eigenvalue weighted by Gasteiger charge is -2.31. The predicted octanol–water partition coefficient (Wildman–Crippen LogP) is 7.63. The average Bonchev–Trinajstić information content (AvgIpc) is 2.86. The highest BCUT2D eigenvalue weighted by Gasteiger charge is 2.35. The highest BCUT2D eigenvalue weighted by atomic mass is 16.5. The fraction of sp³-hybridized carbons (Fsp3) is 0.500. The number of benzene rings is 1. The van der Waals surface area contributed by atoms with Crippen LogP contribution in [-0.4, -0.2) is 24.7 Å². The number of carbonyl (C=O) groups is 2. The maximum Gasteiger partial charge on any atom is 0.338 e. The van der Waals surface area contributed by atoms with Crippen molar-refractivity contribution in [3.63, 3.8) is 0 Å². The lowest BCUT2D eigenvalue weighted by atomic mass is 9.89. The third-order valence-electron chi connectivity index (χ3n) is 6.30. The number of amides is 2. The Kier molecular flexibility index (Phi) is 14.1. The van der Waals surface area contributed by atoms with Crippen LogP contribution in [-0.2, 0) is 16.0 Å². The van der Waals surface area contributed by atoms with E-state index < -0.39 is 12.0 Å². The van der Waals surface area contributed by atoms with Gasteiger partial charge in [-0.3, -0.25) is 0 Å². The number of hydrogen-bond donors (Lipinski definition) is 2. The van der Waals surface area contributed by atoms with E-state index >= 15 is 0 Å². The van der Waals surface area contributed by atoms with Crippen molar-refractivity contribution in [2.75, 3.05) is 6.61 Å². The van der Waals surface area contributed by atoms with Gasteiger partial charge in [0, 0.05) is 11.3 Å². The van der Waals surface area contributed by atoms with Crippen molar-refractivity contribution in [1.82, 2.24) is 10.6 Å². The van der Waals surface area contributed by atoms with Crippen LogP contribution in [0.4, 0.5) is 4.79 Å². The van der Waals surface area contributed by atoms with Gasteiger partial charge in [0.1, 0.15) is 5.75 Å². The molecule has 1 aliphatic heterocycles. The summed E-state index contributed by atoms with van der Waals surface area (Å²) < 4.78 is 11.5. The molecule has 1 heterocycles. The molecule has 0 radical (unpaired) electrons. The first kappa shape index (κ1) is 30.9. The van der Waals surface area contributed by atoms with Gasteiger partial charge in [0.25, 0.3) is 0 Å². The van der Waals surface area contributed by atoms with Crippen LogP contribution in [0.5, 0.6) is 5.75 Å². The van der Waals surface area contributed by atoms with Crippen molar-refractivity contribution in [2.24, 2.45) is 0 Å². The highest BCUT2D eigenvalue weighted by molar-refractivity contribution is 5.95. The largest absolute Gasteiger partial charge is 0.493 e. The fourth-order valence-corrected chi connectivity index (χ4v) is 4.56. The zero-order chi connectivity index (χ0) is 27.8. The molecule has 6 nitrogen and oxygen atoms in total. The van der Waals surface area contributed by atoms with Crippen LogP contribution in [0, 0.1) is 0 Å². The molecule has 1 aliphatic rings.